The van der Waals surface area contributed by atoms with Crippen molar-refractivity contribution in [2.24, 2.45) is 5.10 Å². The highest BCUT2D eigenvalue weighted by atomic mass is 32.1. The molecule has 3 rings (SSSR count). The highest BCUT2D eigenvalue weighted by Gasteiger charge is 2.15. The van der Waals surface area contributed by atoms with Crippen LogP contribution in [0.5, 0.6) is 0 Å². The number of nitrogens with zero attached hydrogens (tertiary/aromatic N) is 3. The predicted octanol–water partition coefficient (Wildman–Crippen LogP) is 1.46. The molecule has 2 aromatic rings. The van der Waals surface area contributed by atoms with Crippen LogP contribution in [0.2, 0.25) is 0 Å². The van der Waals surface area contributed by atoms with Gasteiger partial charge >= 0.3 is 5.97 Å². The van der Waals surface area contributed by atoms with E-state index in [0.717, 1.165) is 18.2 Å². The van der Waals surface area contributed by atoms with E-state index >= 15 is 0 Å². The van der Waals surface area contributed by atoms with Gasteiger partial charge < -0.3 is 14.4 Å². The topological polar surface area (TPSA) is 93.1 Å². The second-order valence-electron chi connectivity index (χ2n) is 5.77. The molecule has 1 amide bonds. The Balaban J connectivity index is 1.55. The van der Waals surface area contributed by atoms with Crippen molar-refractivity contribution in [1.29, 1.82) is 0 Å². The number of morpholine rings is 1. The maximum atomic E-state index is 12.1. The molecule has 0 atom stereocenters. The number of hydrazone groups is 1. The molecule has 1 N–H and O–H groups in total. The third-order valence-corrected chi connectivity index (χ3v) is 4.87. The Morgan fingerprint density at radius 1 is 1.37 bits per heavy atom. The van der Waals surface area contributed by atoms with Crippen molar-refractivity contribution in [3.05, 3.63) is 46.5 Å². The van der Waals surface area contributed by atoms with Crippen LogP contribution in [0.3, 0.4) is 0 Å². The van der Waals surface area contributed by atoms with Gasteiger partial charge in [-0.25, -0.2) is 15.2 Å². The first kappa shape index (κ1) is 19.0. The fraction of sp³-hybridized carbons (Fsp3) is 0.333. The molecule has 0 unspecified atom stereocenters. The number of hydrogen-bond acceptors (Lipinski definition) is 8. The first-order valence-corrected chi connectivity index (χ1v) is 9.31. The van der Waals surface area contributed by atoms with Crippen LogP contribution in [0.15, 0.2) is 34.7 Å². The fourth-order valence-corrected chi connectivity index (χ4v) is 3.44. The van der Waals surface area contributed by atoms with Crippen molar-refractivity contribution in [1.82, 2.24) is 10.4 Å². The lowest BCUT2D eigenvalue weighted by Crippen LogP contribution is -2.36. The summed E-state index contributed by atoms with van der Waals surface area (Å²) in [4.78, 5) is 30.4. The number of anilines is 1. The molecule has 8 nitrogen and oxygen atoms in total. The number of ether oxygens (including phenoxy) is 2. The van der Waals surface area contributed by atoms with E-state index in [9.17, 15) is 9.59 Å². The Kier molecular flexibility index (Phi) is 6.50. The lowest BCUT2D eigenvalue weighted by molar-refractivity contribution is -0.120. The Labute approximate surface area is 160 Å². The quantitative estimate of drug-likeness (QED) is 0.458. The lowest BCUT2D eigenvalue weighted by atomic mass is 10.1. The zero-order chi connectivity index (χ0) is 19.1. The number of carbonyl (C=O) groups is 2. The average Bonchev–Trinajstić information content (AvgIpc) is 3.17. The van der Waals surface area contributed by atoms with Gasteiger partial charge in [0.2, 0.25) is 5.91 Å². The number of methoxy groups -OCH3 is 1. The van der Waals surface area contributed by atoms with Crippen LogP contribution >= 0.6 is 11.3 Å². The van der Waals surface area contributed by atoms with Crippen LogP contribution in [-0.2, 0) is 20.7 Å². The Morgan fingerprint density at radius 3 is 2.93 bits per heavy atom. The molecular formula is C18H20N4O4S. The van der Waals surface area contributed by atoms with Crippen LogP contribution in [0.4, 0.5) is 5.13 Å². The van der Waals surface area contributed by atoms with Gasteiger partial charge in [-0.3, -0.25) is 4.79 Å². The number of thiazole rings is 1. The molecule has 1 aliphatic heterocycles. The van der Waals surface area contributed by atoms with Gasteiger partial charge in [0.1, 0.15) is 0 Å². The number of rotatable bonds is 6. The highest BCUT2D eigenvalue weighted by molar-refractivity contribution is 7.13. The van der Waals surface area contributed by atoms with Crippen molar-refractivity contribution in [2.75, 3.05) is 38.3 Å². The van der Waals surface area contributed by atoms with Crippen molar-refractivity contribution in [3.63, 3.8) is 0 Å². The number of aromatic nitrogens is 1. The van der Waals surface area contributed by atoms with E-state index in [4.69, 9.17) is 9.47 Å². The van der Waals surface area contributed by atoms with Gasteiger partial charge in [-0.15, -0.1) is 11.3 Å². The molecule has 0 aliphatic carbocycles. The third kappa shape index (κ3) is 5.11. The monoisotopic (exact) mass is 388 g/mol. The van der Waals surface area contributed by atoms with Crippen molar-refractivity contribution in [2.45, 2.75) is 6.42 Å². The van der Waals surface area contributed by atoms with E-state index in [2.05, 4.69) is 20.4 Å². The molecule has 27 heavy (non-hydrogen) atoms. The zero-order valence-electron chi connectivity index (χ0n) is 14.9. The molecule has 0 spiro atoms. The molecule has 1 aromatic heterocycles. The highest BCUT2D eigenvalue weighted by Crippen LogP contribution is 2.21. The molecule has 0 radical (unpaired) electrons. The Hall–Kier alpha value is -2.78. The van der Waals surface area contributed by atoms with E-state index in [1.807, 2.05) is 5.38 Å². The molecule has 0 bridgehead atoms. The summed E-state index contributed by atoms with van der Waals surface area (Å²) in [5.41, 5.74) is 4.11. The number of amides is 1. The van der Waals surface area contributed by atoms with Crippen LogP contribution in [0.25, 0.3) is 0 Å². The van der Waals surface area contributed by atoms with Gasteiger partial charge in [-0.1, -0.05) is 18.2 Å². The van der Waals surface area contributed by atoms with E-state index in [1.54, 1.807) is 24.3 Å². The summed E-state index contributed by atoms with van der Waals surface area (Å²) in [6.07, 6.45) is 1.56. The first-order chi connectivity index (χ1) is 13.2. The number of hydrogen-bond donors (Lipinski definition) is 1. The molecule has 1 saturated heterocycles. The molecule has 1 aliphatic rings. The summed E-state index contributed by atoms with van der Waals surface area (Å²) in [7, 11) is 1.32. The predicted molar refractivity (Wildman–Crippen MR) is 102 cm³/mol. The van der Waals surface area contributed by atoms with Crippen molar-refractivity contribution in [3.8, 4) is 0 Å². The van der Waals surface area contributed by atoms with Gasteiger partial charge in [-0.05, 0) is 6.07 Å². The summed E-state index contributed by atoms with van der Waals surface area (Å²) < 4.78 is 10.1. The molecule has 2 heterocycles. The van der Waals surface area contributed by atoms with E-state index in [-0.39, 0.29) is 12.3 Å². The number of nitrogens with one attached hydrogen (secondary N) is 1. The van der Waals surface area contributed by atoms with Crippen LogP contribution in [0, 0.1) is 0 Å². The minimum absolute atomic E-state index is 0.136. The van der Waals surface area contributed by atoms with Crippen LogP contribution in [-0.4, -0.2) is 56.5 Å². The third-order valence-electron chi connectivity index (χ3n) is 3.92. The minimum Gasteiger partial charge on any atom is -0.465 e. The van der Waals surface area contributed by atoms with Gasteiger partial charge in [0.15, 0.2) is 5.13 Å². The molecule has 1 fully saturated rings. The standard InChI is InChI=1S/C18H20N4O4S/c1-25-17(24)15-5-3-2-4-13(15)11-19-21-16(23)10-14-12-27-18(20-14)22-6-8-26-9-7-22/h2-5,11-12H,6-10H2,1H3,(H,21,23)/b19-11-. The van der Waals surface area contributed by atoms with Crippen LogP contribution < -0.4 is 10.3 Å². The average molecular weight is 388 g/mol. The van der Waals surface area contributed by atoms with E-state index < -0.39 is 5.97 Å². The molecule has 9 heteroatoms. The summed E-state index contributed by atoms with van der Waals surface area (Å²) in [5.74, 6) is -0.734. The number of carbonyl (C=O) groups excluding carboxylic acids is 2. The lowest BCUT2D eigenvalue weighted by Gasteiger charge is -2.26. The number of esters is 1. The normalized spacial score (nSPS) is 14.3. The zero-order valence-corrected chi connectivity index (χ0v) is 15.7. The summed E-state index contributed by atoms with van der Waals surface area (Å²) in [5, 5.41) is 6.70. The van der Waals surface area contributed by atoms with Gasteiger partial charge in [0.05, 0.1) is 44.2 Å². The molecule has 0 saturated carbocycles. The molecule has 142 valence electrons. The van der Waals surface area contributed by atoms with Gasteiger partial charge in [-0.2, -0.15) is 5.10 Å². The van der Waals surface area contributed by atoms with E-state index in [0.29, 0.717) is 30.0 Å². The Bertz CT molecular complexity index is 830. The largest absolute Gasteiger partial charge is 0.465 e. The molecular weight excluding hydrogens is 368 g/mol. The smallest absolute Gasteiger partial charge is 0.338 e. The second kappa shape index (κ2) is 9.24. The maximum Gasteiger partial charge on any atom is 0.338 e. The number of benzene rings is 1. The SMILES string of the molecule is COC(=O)c1ccccc1/C=N\NC(=O)Cc1csc(N2CCOCC2)n1. The van der Waals surface area contributed by atoms with Crippen molar-refractivity contribution < 1.29 is 19.1 Å². The Morgan fingerprint density at radius 2 is 2.15 bits per heavy atom. The minimum atomic E-state index is -0.457. The second-order valence-corrected chi connectivity index (χ2v) is 6.61. The fourth-order valence-electron chi connectivity index (χ4n) is 2.56. The summed E-state index contributed by atoms with van der Waals surface area (Å²) >= 11 is 1.52. The van der Waals surface area contributed by atoms with E-state index in [1.165, 1.54) is 24.7 Å². The van der Waals surface area contributed by atoms with Crippen molar-refractivity contribution >= 4 is 34.6 Å². The molecule has 1 aromatic carbocycles. The van der Waals surface area contributed by atoms with Gasteiger partial charge in [0.25, 0.3) is 0 Å². The maximum absolute atomic E-state index is 12.1. The van der Waals surface area contributed by atoms with Gasteiger partial charge in [0, 0.05) is 24.0 Å². The summed E-state index contributed by atoms with van der Waals surface area (Å²) in [6, 6.07) is 6.86. The first-order valence-electron chi connectivity index (χ1n) is 8.43. The van der Waals surface area contributed by atoms with Crippen LogP contribution in [0.1, 0.15) is 21.6 Å². The summed E-state index contributed by atoms with van der Waals surface area (Å²) in [6.45, 7) is 3.00.